The van der Waals surface area contributed by atoms with Gasteiger partial charge in [-0.3, -0.25) is 9.63 Å². The Labute approximate surface area is 99.9 Å². The van der Waals surface area contributed by atoms with Crippen LogP contribution in [0.2, 0.25) is 5.02 Å². The molecule has 0 aliphatic carbocycles. The largest absolute Gasteiger partial charge is 0.278 e. The number of hydroxylamine groups is 2. The van der Waals surface area contributed by atoms with Gasteiger partial charge in [0.2, 0.25) is 0 Å². The molecule has 0 saturated carbocycles. The average molecular weight is 297 g/mol. The quantitative estimate of drug-likeness (QED) is 0.620. The zero-order valence-corrected chi connectivity index (χ0v) is 10.4. The number of carbonyl (C=O) groups is 1. The molecule has 0 fully saturated rings. The minimum absolute atomic E-state index is 0.0571. The molecule has 3 nitrogen and oxygen atoms in total. The van der Waals surface area contributed by atoms with E-state index in [2.05, 4.69) is 20.8 Å². The van der Waals surface area contributed by atoms with Gasteiger partial charge < -0.3 is 0 Å². The predicted octanol–water partition coefficient (Wildman–Crippen LogP) is 2.88. The number of rotatable bonds is 2. The van der Waals surface area contributed by atoms with Gasteiger partial charge in [0.15, 0.2) is 5.82 Å². The third-order valence-electron chi connectivity index (χ3n) is 1.83. The molecule has 1 amide bonds. The summed E-state index contributed by atoms with van der Waals surface area (Å²) < 4.78 is 13.5. The number of halogens is 3. The summed E-state index contributed by atoms with van der Waals surface area (Å²) in [5.41, 5.74) is 0.0571. The normalized spacial score (nSPS) is 10.2. The number of hydrogen-bond donors (Lipinski definition) is 0. The van der Waals surface area contributed by atoms with Crippen molar-refractivity contribution in [3.63, 3.8) is 0 Å². The van der Waals surface area contributed by atoms with Crippen LogP contribution in [0.4, 0.5) is 4.39 Å². The van der Waals surface area contributed by atoms with Crippen LogP contribution in [-0.2, 0) is 4.84 Å². The molecule has 0 unspecified atom stereocenters. The Hall–Kier alpha value is -0.650. The lowest BCUT2D eigenvalue weighted by atomic mass is 10.2. The molecular formula is C9H8BrClFNO2. The zero-order valence-electron chi connectivity index (χ0n) is 8.05. The third-order valence-corrected chi connectivity index (χ3v) is 2.81. The summed E-state index contributed by atoms with van der Waals surface area (Å²) >= 11 is 8.65. The Morgan fingerprint density at radius 3 is 2.73 bits per heavy atom. The zero-order chi connectivity index (χ0) is 11.6. The van der Waals surface area contributed by atoms with Gasteiger partial charge in [0.1, 0.15) is 0 Å². The van der Waals surface area contributed by atoms with Crippen molar-refractivity contribution >= 4 is 33.4 Å². The minimum atomic E-state index is -0.660. The van der Waals surface area contributed by atoms with Crippen molar-refractivity contribution in [3.8, 4) is 0 Å². The van der Waals surface area contributed by atoms with Crippen LogP contribution >= 0.6 is 27.5 Å². The van der Waals surface area contributed by atoms with Crippen molar-refractivity contribution in [1.82, 2.24) is 5.06 Å². The molecule has 82 valence electrons. The molecule has 0 aliphatic heterocycles. The van der Waals surface area contributed by atoms with Gasteiger partial charge in [0.05, 0.1) is 22.2 Å². The molecular weight excluding hydrogens is 288 g/mol. The van der Waals surface area contributed by atoms with Crippen molar-refractivity contribution in [2.45, 2.75) is 0 Å². The van der Waals surface area contributed by atoms with E-state index in [9.17, 15) is 9.18 Å². The number of carbonyl (C=O) groups excluding carboxylic acids is 1. The third kappa shape index (κ3) is 2.48. The highest BCUT2D eigenvalue weighted by molar-refractivity contribution is 9.10. The molecule has 1 rings (SSSR count). The van der Waals surface area contributed by atoms with Gasteiger partial charge >= 0.3 is 0 Å². The molecule has 0 saturated heterocycles. The maximum absolute atomic E-state index is 13.3. The second kappa shape index (κ2) is 4.92. The molecule has 0 radical (unpaired) electrons. The number of hydrogen-bond acceptors (Lipinski definition) is 2. The Kier molecular flexibility index (Phi) is 4.07. The summed E-state index contributed by atoms with van der Waals surface area (Å²) in [6.07, 6.45) is 0. The average Bonchev–Trinajstić information content (AvgIpc) is 2.24. The first-order chi connectivity index (χ1) is 6.99. The van der Waals surface area contributed by atoms with E-state index in [1.165, 1.54) is 26.3 Å². The SMILES string of the molecule is CON(C)C(=O)c1ccc(Br)c(F)c1Cl. The summed E-state index contributed by atoms with van der Waals surface area (Å²) in [6, 6.07) is 2.84. The van der Waals surface area contributed by atoms with Crippen LogP contribution in [0.3, 0.4) is 0 Å². The molecule has 1 aromatic rings. The highest BCUT2D eigenvalue weighted by Crippen LogP contribution is 2.27. The lowest BCUT2D eigenvalue weighted by Crippen LogP contribution is -2.25. The molecule has 0 aliphatic rings. The fourth-order valence-electron chi connectivity index (χ4n) is 0.944. The van der Waals surface area contributed by atoms with E-state index in [1.54, 1.807) is 0 Å². The van der Waals surface area contributed by atoms with Crippen LogP contribution in [0, 0.1) is 5.82 Å². The lowest BCUT2D eigenvalue weighted by molar-refractivity contribution is -0.0757. The first-order valence-electron chi connectivity index (χ1n) is 3.94. The number of benzene rings is 1. The maximum Gasteiger partial charge on any atom is 0.278 e. The van der Waals surface area contributed by atoms with Gasteiger partial charge in [0, 0.05) is 7.05 Å². The molecule has 0 atom stereocenters. The monoisotopic (exact) mass is 295 g/mol. The first-order valence-corrected chi connectivity index (χ1v) is 5.11. The van der Waals surface area contributed by atoms with Crippen molar-refractivity contribution in [3.05, 3.63) is 33.0 Å². The minimum Gasteiger partial charge on any atom is -0.274 e. The van der Waals surface area contributed by atoms with Crippen molar-refractivity contribution < 1.29 is 14.0 Å². The Balaban J connectivity index is 3.16. The summed E-state index contributed by atoms with van der Waals surface area (Å²) in [5.74, 6) is -1.17. The molecule has 0 N–H and O–H groups in total. The number of amides is 1. The van der Waals surface area contributed by atoms with Crippen molar-refractivity contribution in [2.75, 3.05) is 14.2 Å². The number of nitrogens with zero attached hydrogens (tertiary/aromatic N) is 1. The predicted molar refractivity (Wildman–Crippen MR) is 58.2 cm³/mol. The highest BCUT2D eigenvalue weighted by Gasteiger charge is 2.18. The van der Waals surface area contributed by atoms with Crippen LogP contribution in [0.5, 0.6) is 0 Å². The van der Waals surface area contributed by atoms with Crippen LogP contribution in [0.1, 0.15) is 10.4 Å². The van der Waals surface area contributed by atoms with E-state index in [0.717, 1.165) is 5.06 Å². The second-order valence-electron chi connectivity index (χ2n) is 2.71. The van der Waals surface area contributed by atoms with E-state index in [4.69, 9.17) is 11.6 Å². The Morgan fingerprint density at radius 2 is 2.20 bits per heavy atom. The Bertz CT molecular complexity index is 400. The van der Waals surface area contributed by atoms with Gasteiger partial charge in [-0.25, -0.2) is 9.45 Å². The summed E-state index contributed by atoms with van der Waals surface area (Å²) in [7, 11) is 2.75. The smallest absolute Gasteiger partial charge is 0.274 e. The van der Waals surface area contributed by atoms with Crippen LogP contribution in [0.15, 0.2) is 16.6 Å². The van der Waals surface area contributed by atoms with Gasteiger partial charge in [0.25, 0.3) is 5.91 Å². The van der Waals surface area contributed by atoms with Crippen molar-refractivity contribution in [2.24, 2.45) is 0 Å². The van der Waals surface area contributed by atoms with Crippen molar-refractivity contribution in [1.29, 1.82) is 0 Å². The first kappa shape index (κ1) is 12.4. The molecule has 0 heterocycles. The highest BCUT2D eigenvalue weighted by atomic mass is 79.9. The van der Waals surface area contributed by atoms with Gasteiger partial charge in [-0.05, 0) is 28.1 Å². The van der Waals surface area contributed by atoms with Crippen LogP contribution < -0.4 is 0 Å². The summed E-state index contributed by atoms with van der Waals surface area (Å²) in [5, 5.41) is 0.743. The van der Waals surface area contributed by atoms with Gasteiger partial charge in [-0.2, -0.15) is 0 Å². The molecule has 1 aromatic carbocycles. The molecule has 6 heteroatoms. The lowest BCUT2D eigenvalue weighted by Gasteiger charge is -2.14. The molecule has 15 heavy (non-hydrogen) atoms. The topological polar surface area (TPSA) is 29.5 Å². The maximum atomic E-state index is 13.3. The molecule has 0 spiro atoms. The van der Waals surface area contributed by atoms with Crippen LogP contribution in [-0.4, -0.2) is 25.1 Å². The van der Waals surface area contributed by atoms with E-state index in [1.807, 2.05) is 0 Å². The van der Waals surface area contributed by atoms with Gasteiger partial charge in [-0.1, -0.05) is 11.6 Å². The standard InChI is InChI=1S/C9H8BrClFNO2/c1-13(15-2)9(14)5-3-4-6(10)8(12)7(5)11/h3-4H,1-2H3. The van der Waals surface area contributed by atoms with E-state index in [-0.39, 0.29) is 15.1 Å². The Morgan fingerprint density at radius 1 is 1.60 bits per heavy atom. The summed E-state index contributed by atoms with van der Waals surface area (Å²) in [6.45, 7) is 0. The molecule has 0 bridgehead atoms. The van der Waals surface area contributed by atoms with E-state index < -0.39 is 11.7 Å². The fourth-order valence-corrected chi connectivity index (χ4v) is 1.63. The second-order valence-corrected chi connectivity index (χ2v) is 3.94. The van der Waals surface area contributed by atoms with Gasteiger partial charge in [-0.15, -0.1) is 0 Å². The fraction of sp³-hybridized carbons (Fsp3) is 0.222. The molecule has 0 aromatic heterocycles. The summed E-state index contributed by atoms with van der Waals surface area (Å²) in [4.78, 5) is 16.3. The van der Waals surface area contributed by atoms with E-state index in [0.29, 0.717) is 0 Å². The van der Waals surface area contributed by atoms with Crippen LogP contribution in [0.25, 0.3) is 0 Å². The van der Waals surface area contributed by atoms with E-state index >= 15 is 0 Å².